The van der Waals surface area contributed by atoms with Gasteiger partial charge < -0.3 is 10.2 Å². The van der Waals surface area contributed by atoms with Gasteiger partial charge in [0.2, 0.25) is 0 Å². The smallest absolute Gasteiger partial charge is 0.154 e. The van der Waals surface area contributed by atoms with Crippen molar-refractivity contribution >= 4 is 5.82 Å². The number of rotatable bonds is 5. The number of hydrogen-bond donors (Lipinski definition) is 1. The van der Waals surface area contributed by atoms with Crippen LogP contribution in [0.3, 0.4) is 0 Å². The van der Waals surface area contributed by atoms with Gasteiger partial charge in [-0.25, -0.2) is 4.39 Å². The Morgan fingerprint density at radius 2 is 1.77 bits per heavy atom. The van der Waals surface area contributed by atoms with Crippen LogP contribution in [0.1, 0.15) is 40.8 Å². The van der Waals surface area contributed by atoms with Gasteiger partial charge in [-0.3, -0.25) is 4.98 Å². The first kappa shape index (κ1) is 21.4. The van der Waals surface area contributed by atoms with Gasteiger partial charge in [-0.15, -0.1) is 10.2 Å². The quantitative estimate of drug-likeness (QED) is 0.651. The van der Waals surface area contributed by atoms with Gasteiger partial charge in [0.15, 0.2) is 5.82 Å². The monoisotopic (exact) mass is 419 g/mol. The van der Waals surface area contributed by atoms with Gasteiger partial charge >= 0.3 is 0 Å². The third-order valence-corrected chi connectivity index (χ3v) is 6.35. The highest BCUT2D eigenvalue weighted by Crippen LogP contribution is 2.29. The average molecular weight is 420 g/mol. The largest absolute Gasteiger partial charge is 0.355 e. The number of hydrogen-bond acceptors (Lipinski definition) is 5. The third kappa shape index (κ3) is 4.74. The molecule has 1 N–H and O–H groups in total. The number of benzene rings is 1. The molecule has 0 saturated carbocycles. The van der Waals surface area contributed by atoms with Gasteiger partial charge in [0.1, 0.15) is 5.82 Å². The lowest BCUT2D eigenvalue weighted by Crippen LogP contribution is -2.43. The molecule has 1 fully saturated rings. The lowest BCUT2D eigenvalue weighted by molar-refractivity contribution is 0.411. The maximum atomic E-state index is 13.3. The van der Waals surface area contributed by atoms with Crippen molar-refractivity contribution in [2.75, 3.05) is 18.0 Å². The molecule has 31 heavy (non-hydrogen) atoms. The molecular formula is C25H30FN5. The zero-order valence-electron chi connectivity index (χ0n) is 18.7. The van der Waals surface area contributed by atoms with E-state index in [0.717, 1.165) is 66.4 Å². The molecule has 3 heterocycles. The predicted octanol–water partition coefficient (Wildman–Crippen LogP) is 4.67. The highest BCUT2D eigenvalue weighted by atomic mass is 19.1. The van der Waals surface area contributed by atoms with E-state index < -0.39 is 0 Å². The van der Waals surface area contributed by atoms with Crippen molar-refractivity contribution in [3.63, 3.8) is 0 Å². The Morgan fingerprint density at radius 3 is 2.48 bits per heavy atom. The summed E-state index contributed by atoms with van der Waals surface area (Å²) in [6.45, 7) is 10.9. The topological polar surface area (TPSA) is 53.9 Å². The molecule has 1 aromatic carbocycles. The molecule has 3 aromatic rings. The Morgan fingerprint density at radius 1 is 1.00 bits per heavy atom. The van der Waals surface area contributed by atoms with Gasteiger partial charge in [0, 0.05) is 43.1 Å². The summed E-state index contributed by atoms with van der Waals surface area (Å²) in [6.07, 6.45) is 3.91. The van der Waals surface area contributed by atoms with Crippen molar-refractivity contribution in [3.8, 4) is 11.3 Å². The highest BCUT2D eigenvalue weighted by Gasteiger charge is 2.23. The molecule has 6 heteroatoms. The summed E-state index contributed by atoms with van der Waals surface area (Å²) in [5.74, 6) is 0.811. The van der Waals surface area contributed by atoms with Crippen LogP contribution in [0.15, 0.2) is 36.5 Å². The van der Waals surface area contributed by atoms with Crippen LogP contribution in [-0.4, -0.2) is 34.3 Å². The molecule has 0 unspecified atom stereocenters. The van der Waals surface area contributed by atoms with E-state index in [-0.39, 0.29) is 5.82 Å². The lowest BCUT2D eigenvalue weighted by atomic mass is 10.0. The molecule has 0 spiro atoms. The molecule has 0 radical (unpaired) electrons. The zero-order valence-corrected chi connectivity index (χ0v) is 18.7. The van der Waals surface area contributed by atoms with Crippen LogP contribution < -0.4 is 10.2 Å². The summed E-state index contributed by atoms with van der Waals surface area (Å²) in [7, 11) is 0. The zero-order chi connectivity index (χ0) is 22.0. The van der Waals surface area contributed by atoms with E-state index in [1.165, 1.54) is 17.2 Å². The van der Waals surface area contributed by atoms with Crippen LogP contribution in [0.2, 0.25) is 0 Å². The molecule has 0 atom stereocenters. The number of aryl methyl sites for hydroxylation is 2. The molecule has 0 amide bonds. The van der Waals surface area contributed by atoms with E-state index in [2.05, 4.69) is 45.3 Å². The highest BCUT2D eigenvalue weighted by molar-refractivity contribution is 5.67. The van der Waals surface area contributed by atoms with E-state index >= 15 is 0 Å². The van der Waals surface area contributed by atoms with Gasteiger partial charge in [-0.2, -0.15) is 0 Å². The van der Waals surface area contributed by atoms with Gasteiger partial charge in [-0.1, -0.05) is 6.07 Å². The average Bonchev–Trinajstić information content (AvgIpc) is 2.75. The molecular weight excluding hydrogens is 389 g/mol. The van der Waals surface area contributed by atoms with Crippen molar-refractivity contribution in [1.29, 1.82) is 0 Å². The third-order valence-electron chi connectivity index (χ3n) is 6.35. The molecule has 1 aliphatic heterocycles. The second kappa shape index (κ2) is 9.10. The molecule has 4 rings (SSSR count). The molecule has 0 aliphatic carbocycles. The Bertz CT molecular complexity index is 1070. The first-order valence-electron chi connectivity index (χ1n) is 10.9. The van der Waals surface area contributed by atoms with Crippen LogP contribution in [0.5, 0.6) is 0 Å². The van der Waals surface area contributed by atoms with Crippen molar-refractivity contribution in [2.24, 2.45) is 0 Å². The molecule has 1 saturated heterocycles. The van der Waals surface area contributed by atoms with E-state index in [0.29, 0.717) is 6.04 Å². The van der Waals surface area contributed by atoms with E-state index in [4.69, 9.17) is 0 Å². The molecule has 0 bridgehead atoms. The maximum absolute atomic E-state index is 13.3. The molecule has 162 valence electrons. The number of nitrogens with one attached hydrogen (secondary N) is 1. The second-order valence-corrected chi connectivity index (χ2v) is 8.52. The Kier molecular flexibility index (Phi) is 6.28. The number of piperidine rings is 1. The van der Waals surface area contributed by atoms with Crippen LogP contribution in [0, 0.1) is 33.5 Å². The van der Waals surface area contributed by atoms with Gasteiger partial charge in [0.05, 0.1) is 5.69 Å². The van der Waals surface area contributed by atoms with E-state index in [1.54, 1.807) is 6.07 Å². The minimum Gasteiger partial charge on any atom is -0.355 e. The SMILES string of the molecule is Cc1cc(-c2nnc(N3CCC(NCc4ccc(F)cc4C)CC3)c(C)c2C)ccn1. The minimum absolute atomic E-state index is 0.175. The molecule has 2 aromatic heterocycles. The summed E-state index contributed by atoms with van der Waals surface area (Å²) in [5, 5.41) is 12.8. The Labute approximate surface area is 183 Å². The second-order valence-electron chi connectivity index (χ2n) is 8.52. The first-order valence-corrected chi connectivity index (χ1v) is 10.9. The fourth-order valence-electron chi connectivity index (χ4n) is 4.27. The Hall–Kier alpha value is -2.86. The number of pyridine rings is 1. The summed E-state index contributed by atoms with van der Waals surface area (Å²) >= 11 is 0. The summed E-state index contributed by atoms with van der Waals surface area (Å²) in [4.78, 5) is 6.62. The van der Waals surface area contributed by atoms with Crippen molar-refractivity contribution < 1.29 is 4.39 Å². The van der Waals surface area contributed by atoms with E-state index in [1.807, 2.05) is 32.2 Å². The lowest BCUT2D eigenvalue weighted by Gasteiger charge is -2.34. The standard InChI is InChI=1S/C25H30FN5/c1-16-13-22(26)6-5-21(16)15-28-23-8-11-31(12-9-23)25-19(4)18(3)24(29-30-25)20-7-10-27-17(2)14-20/h5-7,10,13-14,23,28H,8-9,11-12,15H2,1-4H3. The molecule has 5 nitrogen and oxygen atoms in total. The number of halogens is 1. The maximum Gasteiger partial charge on any atom is 0.154 e. The fraction of sp³-hybridized carbons (Fsp3) is 0.400. The van der Waals surface area contributed by atoms with Crippen molar-refractivity contribution in [3.05, 3.63) is 70.3 Å². The van der Waals surface area contributed by atoms with Gasteiger partial charge in [-0.05, 0) is 87.1 Å². The molecule has 1 aliphatic rings. The summed E-state index contributed by atoms with van der Waals surface area (Å²) in [6, 6.07) is 9.50. The van der Waals surface area contributed by atoms with Crippen LogP contribution in [0.4, 0.5) is 10.2 Å². The van der Waals surface area contributed by atoms with E-state index in [9.17, 15) is 4.39 Å². The predicted molar refractivity (Wildman–Crippen MR) is 123 cm³/mol. The summed E-state index contributed by atoms with van der Waals surface area (Å²) in [5.41, 5.74) is 7.48. The van der Waals surface area contributed by atoms with Crippen molar-refractivity contribution in [2.45, 2.75) is 53.1 Å². The van der Waals surface area contributed by atoms with Gasteiger partial charge in [0.25, 0.3) is 0 Å². The number of aromatic nitrogens is 3. The van der Waals surface area contributed by atoms with Crippen LogP contribution >= 0.6 is 0 Å². The minimum atomic E-state index is -0.175. The van der Waals surface area contributed by atoms with Crippen molar-refractivity contribution in [1.82, 2.24) is 20.5 Å². The summed E-state index contributed by atoms with van der Waals surface area (Å²) < 4.78 is 13.3. The first-order chi connectivity index (χ1) is 14.9. The van der Waals surface area contributed by atoms with Crippen LogP contribution in [-0.2, 0) is 6.54 Å². The fourth-order valence-corrected chi connectivity index (χ4v) is 4.27. The van der Waals surface area contributed by atoms with Crippen LogP contribution in [0.25, 0.3) is 11.3 Å². The number of nitrogens with zero attached hydrogens (tertiary/aromatic N) is 4. The number of anilines is 1. The normalized spacial score (nSPS) is 14.8. The Balaban J connectivity index is 1.40.